The first-order valence-corrected chi connectivity index (χ1v) is 6.43. The summed E-state index contributed by atoms with van der Waals surface area (Å²) in [6.07, 6.45) is 0. The molecule has 0 aromatic heterocycles. The molecule has 0 spiro atoms. The minimum Gasteiger partial charge on any atom is -0.366 e. The molecular weight excluding hydrogens is 327 g/mol. The molecule has 2 aromatic carbocycles. The number of anilines is 1. The average molecular weight is 337 g/mol. The number of hydrogen-bond donors (Lipinski definition) is 2. The lowest BCUT2D eigenvalue weighted by atomic mass is 10.1. The van der Waals surface area contributed by atoms with E-state index in [1.807, 2.05) is 0 Å². The molecule has 6 heteroatoms. The van der Waals surface area contributed by atoms with Crippen LogP contribution in [0.15, 0.2) is 46.9 Å². The van der Waals surface area contributed by atoms with Gasteiger partial charge in [-0.3, -0.25) is 9.59 Å². The van der Waals surface area contributed by atoms with E-state index in [0.29, 0.717) is 4.47 Å². The summed E-state index contributed by atoms with van der Waals surface area (Å²) in [6.45, 7) is 0. The van der Waals surface area contributed by atoms with Gasteiger partial charge in [0.15, 0.2) is 0 Å². The largest absolute Gasteiger partial charge is 0.366 e. The zero-order chi connectivity index (χ0) is 14.7. The van der Waals surface area contributed by atoms with Crippen molar-refractivity contribution in [2.75, 3.05) is 5.32 Å². The number of carbonyl (C=O) groups excluding carboxylic acids is 2. The molecule has 4 nitrogen and oxygen atoms in total. The zero-order valence-electron chi connectivity index (χ0n) is 10.2. The Balaban J connectivity index is 2.30. The minimum absolute atomic E-state index is 0.135. The summed E-state index contributed by atoms with van der Waals surface area (Å²) in [5, 5.41) is 2.54. The SMILES string of the molecule is NC(=O)c1ccccc1NC(=O)c1cc(F)cc(Br)c1. The van der Waals surface area contributed by atoms with Gasteiger partial charge in [0.25, 0.3) is 11.8 Å². The maximum atomic E-state index is 13.3. The first-order chi connectivity index (χ1) is 9.47. The van der Waals surface area contributed by atoms with Gasteiger partial charge in [0.2, 0.25) is 0 Å². The lowest BCUT2D eigenvalue weighted by Gasteiger charge is -2.09. The van der Waals surface area contributed by atoms with Gasteiger partial charge < -0.3 is 11.1 Å². The van der Waals surface area contributed by atoms with E-state index >= 15 is 0 Å². The molecule has 0 saturated heterocycles. The van der Waals surface area contributed by atoms with Crippen LogP contribution in [0.25, 0.3) is 0 Å². The second-order valence-electron chi connectivity index (χ2n) is 4.02. The Hall–Kier alpha value is -2.21. The van der Waals surface area contributed by atoms with Gasteiger partial charge in [-0.05, 0) is 30.3 Å². The number of benzene rings is 2. The fraction of sp³-hybridized carbons (Fsp3) is 0. The van der Waals surface area contributed by atoms with E-state index in [0.717, 1.165) is 6.07 Å². The molecule has 0 unspecified atom stereocenters. The van der Waals surface area contributed by atoms with Gasteiger partial charge in [0, 0.05) is 10.0 Å². The van der Waals surface area contributed by atoms with Crippen LogP contribution >= 0.6 is 15.9 Å². The monoisotopic (exact) mass is 336 g/mol. The van der Waals surface area contributed by atoms with Crippen molar-refractivity contribution in [1.29, 1.82) is 0 Å². The summed E-state index contributed by atoms with van der Waals surface area (Å²) < 4.78 is 13.7. The van der Waals surface area contributed by atoms with E-state index in [-0.39, 0.29) is 16.8 Å². The Labute approximate surface area is 122 Å². The first kappa shape index (κ1) is 14.2. The van der Waals surface area contributed by atoms with Gasteiger partial charge in [0.1, 0.15) is 5.82 Å². The summed E-state index contributed by atoms with van der Waals surface area (Å²) in [6, 6.07) is 10.2. The van der Waals surface area contributed by atoms with E-state index in [1.54, 1.807) is 18.2 Å². The van der Waals surface area contributed by atoms with Crippen molar-refractivity contribution < 1.29 is 14.0 Å². The Bertz CT molecular complexity index is 668. The van der Waals surface area contributed by atoms with E-state index in [1.165, 1.54) is 18.2 Å². The minimum atomic E-state index is -0.652. The van der Waals surface area contributed by atoms with Gasteiger partial charge in [-0.15, -0.1) is 0 Å². The van der Waals surface area contributed by atoms with Crippen LogP contribution in [0.2, 0.25) is 0 Å². The number of para-hydroxylation sites is 1. The predicted molar refractivity (Wildman–Crippen MR) is 77.0 cm³/mol. The highest BCUT2D eigenvalue weighted by atomic mass is 79.9. The summed E-state index contributed by atoms with van der Waals surface area (Å²) in [5.74, 6) is -1.71. The number of carbonyl (C=O) groups is 2. The summed E-state index contributed by atoms with van der Waals surface area (Å²) in [4.78, 5) is 23.3. The third-order valence-corrected chi connectivity index (χ3v) is 3.02. The van der Waals surface area contributed by atoms with Gasteiger partial charge in [0.05, 0.1) is 11.3 Å². The first-order valence-electron chi connectivity index (χ1n) is 5.63. The molecule has 20 heavy (non-hydrogen) atoms. The second-order valence-corrected chi connectivity index (χ2v) is 4.94. The smallest absolute Gasteiger partial charge is 0.255 e. The molecule has 2 rings (SSSR count). The molecule has 2 amide bonds. The number of nitrogens with two attached hydrogens (primary N) is 1. The van der Waals surface area contributed by atoms with E-state index < -0.39 is 17.6 Å². The third kappa shape index (κ3) is 3.21. The predicted octanol–water partition coefficient (Wildman–Crippen LogP) is 2.94. The standard InChI is InChI=1S/C14H10BrFN2O2/c15-9-5-8(6-10(16)7-9)14(20)18-12-4-2-1-3-11(12)13(17)19/h1-7H,(H2,17,19)(H,18,20). The lowest BCUT2D eigenvalue weighted by molar-refractivity contribution is 0.100. The Morgan fingerprint density at radius 1 is 1.15 bits per heavy atom. The third-order valence-electron chi connectivity index (χ3n) is 2.57. The zero-order valence-corrected chi connectivity index (χ0v) is 11.8. The highest BCUT2D eigenvalue weighted by molar-refractivity contribution is 9.10. The molecule has 0 heterocycles. The maximum Gasteiger partial charge on any atom is 0.255 e. The second kappa shape index (κ2) is 5.83. The van der Waals surface area contributed by atoms with Gasteiger partial charge in [-0.2, -0.15) is 0 Å². The molecule has 102 valence electrons. The Kier molecular flexibility index (Phi) is 4.14. The maximum absolute atomic E-state index is 13.3. The summed E-state index contributed by atoms with van der Waals surface area (Å²) in [5.41, 5.74) is 5.83. The average Bonchev–Trinajstić information content (AvgIpc) is 2.37. The highest BCUT2D eigenvalue weighted by Crippen LogP contribution is 2.18. The number of hydrogen-bond acceptors (Lipinski definition) is 2. The van der Waals surface area contributed by atoms with Crippen LogP contribution in [-0.4, -0.2) is 11.8 Å². The van der Waals surface area contributed by atoms with Crippen LogP contribution in [0.4, 0.5) is 10.1 Å². The highest BCUT2D eigenvalue weighted by Gasteiger charge is 2.13. The molecule has 0 aliphatic carbocycles. The van der Waals surface area contributed by atoms with Crippen molar-refractivity contribution in [1.82, 2.24) is 0 Å². The molecule has 0 aliphatic heterocycles. The van der Waals surface area contributed by atoms with Crippen LogP contribution in [-0.2, 0) is 0 Å². The van der Waals surface area contributed by atoms with Crippen LogP contribution in [0.3, 0.4) is 0 Å². The summed E-state index contributed by atoms with van der Waals surface area (Å²) in [7, 11) is 0. The molecule has 0 radical (unpaired) electrons. The van der Waals surface area contributed by atoms with E-state index in [2.05, 4.69) is 21.2 Å². The van der Waals surface area contributed by atoms with Gasteiger partial charge >= 0.3 is 0 Å². The van der Waals surface area contributed by atoms with E-state index in [9.17, 15) is 14.0 Å². The summed E-state index contributed by atoms with van der Waals surface area (Å²) >= 11 is 3.11. The molecule has 0 atom stereocenters. The van der Waals surface area contributed by atoms with Crippen molar-refractivity contribution in [3.8, 4) is 0 Å². The molecule has 0 saturated carbocycles. The number of halogens is 2. The van der Waals surface area contributed by atoms with Crippen molar-refractivity contribution >= 4 is 33.4 Å². The molecule has 0 aliphatic rings. The van der Waals surface area contributed by atoms with Crippen molar-refractivity contribution in [3.63, 3.8) is 0 Å². The van der Waals surface area contributed by atoms with Crippen molar-refractivity contribution in [2.24, 2.45) is 5.73 Å². The van der Waals surface area contributed by atoms with Crippen LogP contribution in [0.5, 0.6) is 0 Å². The van der Waals surface area contributed by atoms with Gasteiger partial charge in [-0.25, -0.2) is 4.39 Å². The fourth-order valence-corrected chi connectivity index (χ4v) is 2.15. The number of nitrogens with one attached hydrogen (secondary N) is 1. The Morgan fingerprint density at radius 3 is 2.50 bits per heavy atom. The van der Waals surface area contributed by atoms with Crippen molar-refractivity contribution in [2.45, 2.75) is 0 Å². The lowest BCUT2D eigenvalue weighted by Crippen LogP contribution is -2.18. The van der Waals surface area contributed by atoms with Crippen LogP contribution in [0, 0.1) is 5.82 Å². The topological polar surface area (TPSA) is 72.2 Å². The fourth-order valence-electron chi connectivity index (χ4n) is 1.69. The molecule has 0 fully saturated rings. The molecule has 2 aromatic rings. The number of rotatable bonds is 3. The molecule has 0 bridgehead atoms. The van der Waals surface area contributed by atoms with Crippen LogP contribution in [0.1, 0.15) is 20.7 Å². The Morgan fingerprint density at radius 2 is 1.85 bits per heavy atom. The quantitative estimate of drug-likeness (QED) is 0.904. The van der Waals surface area contributed by atoms with E-state index in [4.69, 9.17) is 5.73 Å². The molecule has 3 N–H and O–H groups in total. The van der Waals surface area contributed by atoms with Crippen molar-refractivity contribution in [3.05, 3.63) is 63.9 Å². The number of amides is 2. The van der Waals surface area contributed by atoms with Gasteiger partial charge in [-0.1, -0.05) is 28.1 Å². The normalized spacial score (nSPS) is 10.1. The molecular formula is C14H10BrFN2O2. The van der Waals surface area contributed by atoms with Crippen LogP contribution < -0.4 is 11.1 Å². The number of primary amides is 1.